The van der Waals surface area contributed by atoms with Crippen molar-refractivity contribution in [2.45, 2.75) is 24.7 Å². The SMILES string of the molecule is NC(CN1CCCC2(C1)OCCO2)C(=O)O. The molecule has 0 aromatic rings. The van der Waals surface area contributed by atoms with Crippen LogP contribution in [0, 0.1) is 0 Å². The third kappa shape index (κ3) is 2.52. The van der Waals surface area contributed by atoms with E-state index in [1.165, 1.54) is 0 Å². The van der Waals surface area contributed by atoms with Crippen LogP contribution in [0.15, 0.2) is 0 Å². The fraction of sp³-hybridized carbons (Fsp3) is 0.900. The third-order valence-electron chi connectivity index (χ3n) is 3.08. The summed E-state index contributed by atoms with van der Waals surface area (Å²) >= 11 is 0. The summed E-state index contributed by atoms with van der Waals surface area (Å²) in [5.74, 6) is -1.47. The number of piperidine rings is 1. The Morgan fingerprint density at radius 3 is 2.81 bits per heavy atom. The molecule has 0 aromatic carbocycles. The van der Waals surface area contributed by atoms with E-state index >= 15 is 0 Å². The number of carbonyl (C=O) groups is 1. The number of nitrogens with two attached hydrogens (primary N) is 1. The molecule has 0 bridgehead atoms. The highest BCUT2D eigenvalue weighted by Crippen LogP contribution is 2.29. The van der Waals surface area contributed by atoms with E-state index < -0.39 is 17.8 Å². The van der Waals surface area contributed by atoms with E-state index in [9.17, 15) is 4.79 Å². The van der Waals surface area contributed by atoms with Gasteiger partial charge in [0, 0.05) is 13.0 Å². The van der Waals surface area contributed by atoms with E-state index in [0.717, 1.165) is 19.4 Å². The molecular formula is C10H18N2O4. The first-order chi connectivity index (χ1) is 7.61. The Labute approximate surface area is 94.3 Å². The van der Waals surface area contributed by atoms with Crippen molar-refractivity contribution in [1.82, 2.24) is 4.90 Å². The highest BCUT2D eigenvalue weighted by Gasteiger charge is 2.41. The van der Waals surface area contributed by atoms with Gasteiger partial charge in [-0.1, -0.05) is 0 Å². The van der Waals surface area contributed by atoms with Gasteiger partial charge in [-0.25, -0.2) is 0 Å². The monoisotopic (exact) mass is 230 g/mol. The minimum absolute atomic E-state index is 0.351. The number of ether oxygens (including phenoxy) is 2. The molecule has 6 nitrogen and oxygen atoms in total. The minimum atomic E-state index is -0.965. The molecule has 1 atom stereocenters. The van der Waals surface area contributed by atoms with Crippen LogP contribution in [0.5, 0.6) is 0 Å². The molecule has 2 aliphatic heterocycles. The van der Waals surface area contributed by atoms with E-state index in [1.807, 2.05) is 4.90 Å². The van der Waals surface area contributed by atoms with Crippen LogP contribution in [0.3, 0.4) is 0 Å². The molecule has 0 saturated carbocycles. The van der Waals surface area contributed by atoms with Crippen LogP contribution < -0.4 is 5.73 Å². The highest BCUT2D eigenvalue weighted by molar-refractivity contribution is 5.73. The standard InChI is InChI=1S/C10H18N2O4/c11-8(9(13)14)6-12-3-1-2-10(7-12)15-4-5-16-10/h8H,1-7,11H2,(H,13,14). The Morgan fingerprint density at radius 2 is 2.19 bits per heavy atom. The molecule has 6 heteroatoms. The molecule has 92 valence electrons. The third-order valence-corrected chi connectivity index (χ3v) is 3.08. The fourth-order valence-electron chi connectivity index (χ4n) is 2.32. The molecule has 2 saturated heterocycles. The largest absolute Gasteiger partial charge is 0.480 e. The van der Waals surface area contributed by atoms with Gasteiger partial charge in [-0.3, -0.25) is 9.69 Å². The first kappa shape index (κ1) is 11.8. The number of likely N-dealkylation sites (tertiary alicyclic amines) is 1. The summed E-state index contributed by atoms with van der Waals surface area (Å²) in [6, 6.07) is -0.837. The second kappa shape index (κ2) is 4.67. The van der Waals surface area contributed by atoms with Gasteiger partial charge >= 0.3 is 5.97 Å². The van der Waals surface area contributed by atoms with Crippen molar-refractivity contribution >= 4 is 5.97 Å². The zero-order valence-corrected chi connectivity index (χ0v) is 9.22. The summed E-state index contributed by atoms with van der Waals surface area (Å²) in [4.78, 5) is 12.7. The summed E-state index contributed by atoms with van der Waals surface area (Å²) in [6.07, 6.45) is 1.83. The Balaban J connectivity index is 1.89. The number of aliphatic carboxylic acids is 1. The summed E-state index contributed by atoms with van der Waals surface area (Å²) in [7, 11) is 0. The molecule has 1 spiro atoms. The van der Waals surface area contributed by atoms with Gasteiger partial charge in [0.2, 0.25) is 0 Å². The molecule has 3 N–H and O–H groups in total. The lowest BCUT2D eigenvalue weighted by atomic mass is 10.0. The Morgan fingerprint density at radius 1 is 1.50 bits per heavy atom. The molecular weight excluding hydrogens is 212 g/mol. The van der Waals surface area contributed by atoms with Gasteiger partial charge in [-0.15, -0.1) is 0 Å². The molecule has 2 rings (SSSR count). The Bertz CT molecular complexity index is 266. The zero-order valence-electron chi connectivity index (χ0n) is 9.22. The summed E-state index contributed by atoms with van der Waals surface area (Å²) in [5.41, 5.74) is 5.51. The van der Waals surface area contributed by atoms with Crippen LogP contribution in [0.2, 0.25) is 0 Å². The van der Waals surface area contributed by atoms with Gasteiger partial charge in [-0.2, -0.15) is 0 Å². The zero-order chi connectivity index (χ0) is 11.6. The van der Waals surface area contributed by atoms with Crippen LogP contribution in [0.4, 0.5) is 0 Å². The lowest BCUT2D eigenvalue weighted by Crippen LogP contribution is -2.53. The van der Waals surface area contributed by atoms with E-state index in [4.69, 9.17) is 20.3 Å². The number of carboxylic acid groups (broad SMARTS) is 1. The smallest absolute Gasteiger partial charge is 0.321 e. The van der Waals surface area contributed by atoms with E-state index in [0.29, 0.717) is 26.3 Å². The molecule has 16 heavy (non-hydrogen) atoms. The number of carboxylic acids is 1. The minimum Gasteiger partial charge on any atom is -0.480 e. The molecule has 2 heterocycles. The average molecular weight is 230 g/mol. The lowest BCUT2D eigenvalue weighted by molar-refractivity contribution is -0.190. The fourth-order valence-corrected chi connectivity index (χ4v) is 2.32. The Hall–Kier alpha value is -0.690. The summed E-state index contributed by atoms with van der Waals surface area (Å²) in [5, 5.41) is 8.76. The number of nitrogens with zero attached hydrogens (tertiary/aromatic N) is 1. The first-order valence-electron chi connectivity index (χ1n) is 5.60. The summed E-state index contributed by atoms with van der Waals surface area (Å²) in [6.45, 7) is 3.07. The second-order valence-electron chi connectivity index (χ2n) is 4.39. The van der Waals surface area contributed by atoms with Crippen molar-refractivity contribution in [1.29, 1.82) is 0 Å². The lowest BCUT2D eigenvalue weighted by Gasteiger charge is -2.39. The molecule has 0 aliphatic carbocycles. The Kier molecular flexibility index (Phi) is 3.44. The highest BCUT2D eigenvalue weighted by atomic mass is 16.7. The maximum atomic E-state index is 10.7. The number of hydrogen-bond donors (Lipinski definition) is 2. The van der Waals surface area contributed by atoms with Crippen molar-refractivity contribution in [2.75, 3.05) is 32.8 Å². The van der Waals surface area contributed by atoms with Gasteiger partial charge in [0.1, 0.15) is 6.04 Å². The van der Waals surface area contributed by atoms with Crippen molar-refractivity contribution in [3.8, 4) is 0 Å². The van der Waals surface area contributed by atoms with Gasteiger partial charge in [0.05, 0.1) is 19.8 Å². The van der Waals surface area contributed by atoms with Crippen LogP contribution in [0.25, 0.3) is 0 Å². The van der Waals surface area contributed by atoms with Crippen LogP contribution in [0.1, 0.15) is 12.8 Å². The van der Waals surface area contributed by atoms with Crippen LogP contribution >= 0.6 is 0 Å². The quantitative estimate of drug-likeness (QED) is 0.662. The van der Waals surface area contributed by atoms with Crippen molar-refractivity contribution < 1.29 is 19.4 Å². The predicted octanol–water partition coefficient (Wildman–Crippen LogP) is -0.763. The molecule has 0 aromatic heterocycles. The molecule has 2 aliphatic rings. The predicted molar refractivity (Wildman–Crippen MR) is 55.9 cm³/mol. The molecule has 1 unspecified atom stereocenters. The maximum Gasteiger partial charge on any atom is 0.321 e. The molecule has 2 fully saturated rings. The normalized spacial score (nSPS) is 27.1. The van der Waals surface area contributed by atoms with Crippen molar-refractivity contribution in [3.63, 3.8) is 0 Å². The van der Waals surface area contributed by atoms with Gasteiger partial charge in [0.25, 0.3) is 0 Å². The average Bonchev–Trinajstić information content (AvgIpc) is 2.66. The summed E-state index contributed by atoms with van der Waals surface area (Å²) < 4.78 is 11.2. The van der Waals surface area contributed by atoms with Gasteiger partial charge in [-0.05, 0) is 13.0 Å². The second-order valence-corrected chi connectivity index (χ2v) is 4.39. The van der Waals surface area contributed by atoms with Crippen LogP contribution in [-0.4, -0.2) is 60.7 Å². The van der Waals surface area contributed by atoms with E-state index in [-0.39, 0.29) is 0 Å². The topological polar surface area (TPSA) is 85.0 Å². The van der Waals surface area contributed by atoms with E-state index in [2.05, 4.69) is 0 Å². The first-order valence-corrected chi connectivity index (χ1v) is 5.60. The van der Waals surface area contributed by atoms with Gasteiger partial charge in [0.15, 0.2) is 5.79 Å². The number of rotatable bonds is 3. The number of hydrogen-bond acceptors (Lipinski definition) is 5. The molecule has 0 amide bonds. The van der Waals surface area contributed by atoms with Crippen molar-refractivity contribution in [2.24, 2.45) is 5.73 Å². The van der Waals surface area contributed by atoms with E-state index in [1.54, 1.807) is 0 Å². The molecule has 0 radical (unpaired) electrons. The van der Waals surface area contributed by atoms with Crippen molar-refractivity contribution in [3.05, 3.63) is 0 Å². The van der Waals surface area contributed by atoms with Crippen LogP contribution in [-0.2, 0) is 14.3 Å². The van der Waals surface area contributed by atoms with Gasteiger partial charge < -0.3 is 20.3 Å². The maximum absolute atomic E-state index is 10.7.